The van der Waals surface area contributed by atoms with Crippen LogP contribution in [0.2, 0.25) is 0 Å². The molecule has 1 rings (SSSR count). The third-order valence-electron chi connectivity index (χ3n) is 1.62. The molecule has 4 nitrogen and oxygen atoms in total. The number of hydrogen-bond donors (Lipinski definition) is 1. The third kappa shape index (κ3) is 2.03. The van der Waals surface area contributed by atoms with Crippen LogP contribution >= 0.6 is 0 Å². The first-order valence-electron chi connectivity index (χ1n) is 3.69. The summed E-state index contributed by atoms with van der Waals surface area (Å²) in [5.74, 6) is 4.91. The zero-order valence-corrected chi connectivity index (χ0v) is 6.66. The van der Waals surface area contributed by atoms with Crippen molar-refractivity contribution in [2.75, 3.05) is 6.61 Å². The number of hydrogen-bond acceptors (Lipinski definition) is 3. The molecule has 0 aliphatic rings. The van der Waals surface area contributed by atoms with E-state index in [1.807, 2.05) is 12.5 Å². The number of nitrogens with zero attached hydrogens (tertiary/aromatic N) is 2. The normalized spacial score (nSPS) is 10.4. The predicted octanol–water partition coefficient (Wildman–Crippen LogP) is 0.336. The highest BCUT2D eigenvalue weighted by atomic mass is 16.6. The molecule has 0 atom stereocenters. The summed E-state index contributed by atoms with van der Waals surface area (Å²) in [4.78, 5) is 8.49. The Balaban J connectivity index is 2.54. The lowest BCUT2D eigenvalue weighted by Gasteiger charge is -2.02. The summed E-state index contributed by atoms with van der Waals surface area (Å²) in [5.41, 5.74) is 1.16. The van der Waals surface area contributed by atoms with Crippen molar-refractivity contribution in [2.45, 2.75) is 19.9 Å². The molecule has 0 radical (unpaired) electrons. The van der Waals surface area contributed by atoms with E-state index in [1.165, 1.54) is 0 Å². The maximum Gasteiger partial charge on any atom is 0.0948 e. The molecule has 0 aromatic carbocycles. The van der Waals surface area contributed by atoms with Gasteiger partial charge in [-0.25, -0.2) is 10.9 Å². The molecule has 11 heavy (non-hydrogen) atoms. The fraction of sp³-hybridized carbons (Fsp3) is 0.571. The Morgan fingerprint density at radius 1 is 1.73 bits per heavy atom. The smallest absolute Gasteiger partial charge is 0.0948 e. The minimum absolute atomic E-state index is 0.547. The standard InChI is InChI=1S/C7H13N3O/c1-2-10-6-9-5-7(10)3-4-11-8/h5-6H,2-4,8H2,1H3. The van der Waals surface area contributed by atoms with Gasteiger partial charge in [-0.3, -0.25) is 0 Å². The minimum Gasteiger partial charge on any atom is -0.335 e. The molecule has 62 valence electrons. The molecule has 0 saturated carbocycles. The first-order valence-corrected chi connectivity index (χ1v) is 3.69. The van der Waals surface area contributed by atoms with Gasteiger partial charge in [-0.05, 0) is 6.92 Å². The van der Waals surface area contributed by atoms with E-state index in [4.69, 9.17) is 5.90 Å². The van der Waals surface area contributed by atoms with Gasteiger partial charge in [0.25, 0.3) is 0 Å². The average Bonchev–Trinajstić information content (AvgIpc) is 2.47. The van der Waals surface area contributed by atoms with Gasteiger partial charge < -0.3 is 9.40 Å². The maximum atomic E-state index is 4.91. The largest absolute Gasteiger partial charge is 0.335 e. The van der Waals surface area contributed by atoms with Gasteiger partial charge in [0.15, 0.2) is 0 Å². The lowest BCUT2D eigenvalue weighted by molar-refractivity contribution is 0.140. The maximum absolute atomic E-state index is 4.91. The third-order valence-corrected chi connectivity index (χ3v) is 1.62. The minimum atomic E-state index is 0.547. The van der Waals surface area contributed by atoms with Crippen LogP contribution in [0, 0.1) is 0 Å². The van der Waals surface area contributed by atoms with Gasteiger partial charge in [0.2, 0.25) is 0 Å². The van der Waals surface area contributed by atoms with E-state index in [1.54, 1.807) is 0 Å². The number of nitrogens with two attached hydrogens (primary N) is 1. The molecule has 0 aliphatic carbocycles. The monoisotopic (exact) mass is 155 g/mol. The van der Waals surface area contributed by atoms with E-state index in [2.05, 4.69) is 21.3 Å². The first kappa shape index (κ1) is 8.23. The van der Waals surface area contributed by atoms with Crippen LogP contribution in [0.15, 0.2) is 12.5 Å². The molecule has 2 N–H and O–H groups in total. The van der Waals surface area contributed by atoms with E-state index >= 15 is 0 Å². The first-order chi connectivity index (χ1) is 5.38. The van der Waals surface area contributed by atoms with E-state index in [0.29, 0.717) is 6.61 Å². The zero-order chi connectivity index (χ0) is 8.10. The van der Waals surface area contributed by atoms with Gasteiger partial charge in [-0.15, -0.1) is 0 Å². The van der Waals surface area contributed by atoms with Crippen LogP contribution in [0.3, 0.4) is 0 Å². The Hall–Kier alpha value is -0.870. The second-order valence-corrected chi connectivity index (χ2v) is 2.29. The highest BCUT2D eigenvalue weighted by Crippen LogP contribution is 1.99. The van der Waals surface area contributed by atoms with Crippen molar-refractivity contribution in [3.8, 4) is 0 Å². The fourth-order valence-electron chi connectivity index (χ4n) is 1.00. The van der Waals surface area contributed by atoms with Gasteiger partial charge in [-0.2, -0.15) is 0 Å². The van der Waals surface area contributed by atoms with E-state index in [-0.39, 0.29) is 0 Å². The summed E-state index contributed by atoms with van der Waals surface area (Å²) >= 11 is 0. The number of imidazole rings is 1. The van der Waals surface area contributed by atoms with Crippen molar-refractivity contribution in [3.05, 3.63) is 18.2 Å². The molecular weight excluding hydrogens is 142 g/mol. The van der Waals surface area contributed by atoms with Crippen molar-refractivity contribution in [1.82, 2.24) is 9.55 Å². The molecule has 0 unspecified atom stereocenters. The Kier molecular flexibility index (Phi) is 3.07. The molecular formula is C7H13N3O. The van der Waals surface area contributed by atoms with Gasteiger partial charge in [0, 0.05) is 24.9 Å². The summed E-state index contributed by atoms with van der Waals surface area (Å²) in [7, 11) is 0. The molecule has 0 saturated heterocycles. The lowest BCUT2D eigenvalue weighted by Crippen LogP contribution is -2.07. The van der Waals surface area contributed by atoms with Crippen LogP contribution in [0.1, 0.15) is 12.6 Å². The Bertz CT molecular complexity index is 209. The molecule has 0 bridgehead atoms. The van der Waals surface area contributed by atoms with Crippen molar-refractivity contribution >= 4 is 0 Å². The molecule has 0 amide bonds. The van der Waals surface area contributed by atoms with Crippen molar-refractivity contribution < 1.29 is 4.84 Å². The molecule has 1 aromatic rings. The quantitative estimate of drug-likeness (QED) is 0.638. The van der Waals surface area contributed by atoms with Gasteiger partial charge in [0.1, 0.15) is 0 Å². The van der Waals surface area contributed by atoms with Crippen LogP contribution < -0.4 is 5.90 Å². The summed E-state index contributed by atoms with van der Waals surface area (Å²) in [6.45, 7) is 3.57. The zero-order valence-electron chi connectivity index (χ0n) is 6.66. The van der Waals surface area contributed by atoms with Crippen molar-refractivity contribution in [1.29, 1.82) is 0 Å². The van der Waals surface area contributed by atoms with Crippen LogP contribution in [0.25, 0.3) is 0 Å². The lowest BCUT2D eigenvalue weighted by atomic mass is 10.3. The topological polar surface area (TPSA) is 53.1 Å². The van der Waals surface area contributed by atoms with Crippen LogP contribution in [0.5, 0.6) is 0 Å². The Morgan fingerprint density at radius 2 is 2.55 bits per heavy atom. The number of aromatic nitrogens is 2. The van der Waals surface area contributed by atoms with E-state index in [0.717, 1.165) is 18.7 Å². The second kappa shape index (κ2) is 4.10. The molecule has 1 aromatic heterocycles. The molecule has 4 heteroatoms. The summed E-state index contributed by atoms with van der Waals surface area (Å²) < 4.78 is 2.07. The molecule has 0 spiro atoms. The number of rotatable bonds is 4. The SMILES string of the molecule is CCn1cncc1CCON. The van der Waals surface area contributed by atoms with Gasteiger partial charge in [-0.1, -0.05) is 0 Å². The molecule has 1 heterocycles. The fourth-order valence-corrected chi connectivity index (χ4v) is 1.00. The highest BCUT2D eigenvalue weighted by molar-refractivity contribution is 4.98. The molecule has 0 fully saturated rings. The van der Waals surface area contributed by atoms with Crippen LogP contribution in [-0.2, 0) is 17.8 Å². The van der Waals surface area contributed by atoms with Gasteiger partial charge in [0.05, 0.1) is 12.9 Å². The Morgan fingerprint density at radius 3 is 3.18 bits per heavy atom. The highest BCUT2D eigenvalue weighted by Gasteiger charge is 1.98. The van der Waals surface area contributed by atoms with E-state index in [9.17, 15) is 0 Å². The van der Waals surface area contributed by atoms with Crippen molar-refractivity contribution in [3.63, 3.8) is 0 Å². The van der Waals surface area contributed by atoms with E-state index < -0.39 is 0 Å². The summed E-state index contributed by atoms with van der Waals surface area (Å²) in [6, 6.07) is 0. The van der Waals surface area contributed by atoms with Crippen LogP contribution in [-0.4, -0.2) is 16.2 Å². The number of aryl methyl sites for hydroxylation is 1. The predicted molar refractivity (Wildman–Crippen MR) is 41.7 cm³/mol. The molecule has 0 aliphatic heterocycles. The summed E-state index contributed by atoms with van der Waals surface area (Å²) in [6.07, 6.45) is 4.47. The van der Waals surface area contributed by atoms with Gasteiger partial charge >= 0.3 is 0 Å². The van der Waals surface area contributed by atoms with Crippen molar-refractivity contribution in [2.24, 2.45) is 5.90 Å². The summed E-state index contributed by atoms with van der Waals surface area (Å²) in [5, 5.41) is 0. The second-order valence-electron chi connectivity index (χ2n) is 2.29. The Labute approximate surface area is 65.9 Å². The average molecular weight is 155 g/mol. The van der Waals surface area contributed by atoms with Crippen LogP contribution in [0.4, 0.5) is 0 Å².